The van der Waals surface area contributed by atoms with Gasteiger partial charge < -0.3 is 9.80 Å². The highest BCUT2D eigenvalue weighted by molar-refractivity contribution is 7.90. The molecule has 1 saturated carbocycles. The number of nitro groups is 1. The number of piperazine rings is 1. The van der Waals surface area contributed by atoms with Crippen LogP contribution in [0.1, 0.15) is 32.1 Å². The van der Waals surface area contributed by atoms with Gasteiger partial charge >= 0.3 is 0 Å². The topological polar surface area (TPSA) is 85.0 Å². The van der Waals surface area contributed by atoms with Gasteiger partial charge in [0.05, 0.1) is 42.5 Å². The zero-order chi connectivity index (χ0) is 18.7. The number of quaternary nitrogens is 1. The Morgan fingerprint density at radius 2 is 1.85 bits per heavy atom. The van der Waals surface area contributed by atoms with Crippen LogP contribution in [0, 0.1) is 16.0 Å². The Bertz CT molecular complexity index is 752. The lowest BCUT2D eigenvalue weighted by Crippen LogP contribution is -3.15. The van der Waals surface area contributed by atoms with Crippen molar-refractivity contribution in [2.24, 2.45) is 5.92 Å². The maximum absolute atomic E-state index is 11.7. The number of nitro benzene ring substituents is 1. The molecule has 0 unspecified atom stereocenters. The van der Waals surface area contributed by atoms with Crippen LogP contribution >= 0.6 is 0 Å². The average molecular weight is 383 g/mol. The molecule has 1 aliphatic carbocycles. The van der Waals surface area contributed by atoms with Gasteiger partial charge in [-0.05, 0) is 25.0 Å². The third kappa shape index (κ3) is 4.54. The highest BCUT2D eigenvalue weighted by Crippen LogP contribution is 2.31. The first-order valence-electron chi connectivity index (χ1n) is 9.41. The molecule has 1 saturated heterocycles. The van der Waals surface area contributed by atoms with Crippen molar-refractivity contribution in [1.82, 2.24) is 0 Å². The van der Waals surface area contributed by atoms with Gasteiger partial charge in [0.25, 0.3) is 5.69 Å². The molecule has 1 aliphatic heterocycles. The molecule has 1 heterocycles. The van der Waals surface area contributed by atoms with Crippen molar-refractivity contribution >= 4 is 21.2 Å². The summed E-state index contributed by atoms with van der Waals surface area (Å²) in [7, 11) is -3.46. The summed E-state index contributed by atoms with van der Waals surface area (Å²) >= 11 is 0. The van der Waals surface area contributed by atoms with Crippen LogP contribution in [0.5, 0.6) is 0 Å². The molecule has 3 rings (SSSR count). The molecule has 0 bridgehead atoms. The van der Waals surface area contributed by atoms with Gasteiger partial charge in [-0.2, -0.15) is 0 Å². The molecule has 0 aromatic heterocycles. The van der Waals surface area contributed by atoms with Crippen molar-refractivity contribution in [2.75, 3.05) is 43.9 Å². The number of anilines is 1. The van der Waals surface area contributed by atoms with Gasteiger partial charge in [0.2, 0.25) is 0 Å². The first-order valence-corrected chi connectivity index (χ1v) is 11.3. The van der Waals surface area contributed by atoms with E-state index in [0.717, 1.165) is 38.4 Å². The van der Waals surface area contributed by atoms with Gasteiger partial charge in [-0.25, -0.2) is 8.42 Å². The molecule has 0 spiro atoms. The molecule has 0 atom stereocenters. The summed E-state index contributed by atoms with van der Waals surface area (Å²) in [6, 6.07) is 4.24. The fraction of sp³-hybridized carbons (Fsp3) is 0.667. The zero-order valence-corrected chi connectivity index (χ0v) is 16.1. The van der Waals surface area contributed by atoms with E-state index in [9.17, 15) is 18.5 Å². The van der Waals surface area contributed by atoms with E-state index in [1.165, 1.54) is 50.8 Å². The molecular weight excluding hydrogens is 354 g/mol. The highest BCUT2D eigenvalue weighted by atomic mass is 32.2. The SMILES string of the molecule is CS(=O)(=O)c1ccc(N2CC[NH+](CC3CCCCC3)CC2)c([N+](=O)[O-])c1. The summed E-state index contributed by atoms with van der Waals surface area (Å²) in [5.41, 5.74) is 0.405. The molecule has 1 N–H and O–H groups in total. The van der Waals surface area contributed by atoms with Crippen LogP contribution in [0.15, 0.2) is 23.1 Å². The lowest BCUT2D eigenvalue weighted by molar-refractivity contribution is -0.904. The van der Waals surface area contributed by atoms with E-state index in [0.29, 0.717) is 5.69 Å². The maximum Gasteiger partial charge on any atom is 0.293 e. The van der Waals surface area contributed by atoms with Gasteiger partial charge in [0, 0.05) is 18.2 Å². The lowest BCUT2D eigenvalue weighted by Gasteiger charge is -2.35. The Morgan fingerprint density at radius 3 is 2.42 bits per heavy atom. The summed E-state index contributed by atoms with van der Waals surface area (Å²) in [6.45, 7) is 4.69. The van der Waals surface area contributed by atoms with Gasteiger partial charge in [0.1, 0.15) is 5.69 Å². The molecule has 2 aliphatic rings. The second-order valence-electron chi connectivity index (χ2n) is 7.63. The highest BCUT2D eigenvalue weighted by Gasteiger charge is 2.28. The molecule has 1 aromatic rings. The van der Waals surface area contributed by atoms with E-state index < -0.39 is 14.8 Å². The Kier molecular flexibility index (Phi) is 5.82. The molecule has 2 fully saturated rings. The summed E-state index contributed by atoms with van der Waals surface area (Å²) in [6.07, 6.45) is 7.81. The van der Waals surface area contributed by atoms with Crippen LogP contribution in [-0.4, -0.2) is 52.3 Å². The van der Waals surface area contributed by atoms with E-state index in [4.69, 9.17) is 0 Å². The van der Waals surface area contributed by atoms with E-state index in [-0.39, 0.29) is 10.6 Å². The smallest absolute Gasteiger partial charge is 0.293 e. The van der Waals surface area contributed by atoms with Crippen LogP contribution in [0.2, 0.25) is 0 Å². The summed E-state index contributed by atoms with van der Waals surface area (Å²) in [5, 5.41) is 11.4. The third-order valence-corrected chi connectivity index (χ3v) is 6.80. The number of benzene rings is 1. The van der Waals surface area contributed by atoms with Crippen LogP contribution in [0.25, 0.3) is 0 Å². The molecule has 1 aromatic carbocycles. The van der Waals surface area contributed by atoms with Crippen molar-refractivity contribution in [3.05, 3.63) is 28.3 Å². The Hall–Kier alpha value is -1.67. The van der Waals surface area contributed by atoms with Crippen LogP contribution in [-0.2, 0) is 9.84 Å². The number of nitrogens with one attached hydrogen (secondary N) is 1. The van der Waals surface area contributed by atoms with Crippen LogP contribution in [0.3, 0.4) is 0 Å². The Balaban J connectivity index is 1.67. The lowest BCUT2D eigenvalue weighted by atomic mass is 9.89. The van der Waals surface area contributed by atoms with E-state index in [1.807, 2.05) is 4.90 Å². The van der Waals surface area contributed by atoms with Crippen molar-refractivity contribution in [3.63, 3.8) is 0 Å². The minimum Gasteiger partial charge on any atom is -0.355 e. The number of sulfone groups is 1. The van der Waals surface area contributed by atoms with Crippen molar-refractivity contribution in [2.45, 2.75) is 37.0 Å². The van der Waals surface area contributed by atoms with Gasteiger partial charge in [-0.15, -0.1) is 0 Å². The molecule has 8 heteroatoms. The largest absolute Gasteiger partial charge is 0.355 e. The standard InChI is InChI=1S/C18H27N3O4S/c1-26(24,25)16-7-8-17(18(13-16)21(22)23)20-11-9-19(10-12-20)14-15-5-3-2-4-6-15/h7-8,13,15H,2-6,9-12,14H2,1H3/p+1. The van der Waals surface area contributed by atoms with E-state index >= 15 is 0 Å². The number of nitrogens with zero attached hydrogens (tertiary/aromatic N) is 2. The van der Waals surface area contributed by atoms with Gasteiger partial charge in [-0.1, -0.05) is 19.3 Å². The molecule has 7 nitrogen and oxygen atoms in total. The second kappa shape index (κ2) is 7.92. The Labute approximate surface area is 155 Å². The van der Waals surface area contributed by atoms with Crippen LogP contribution in [0.4, 0.5) is 11.4 Å². The normalized spacial score (nSPS) is 20.3. The molecular formula is C18H28N3O4S+. The summed E-state index contributed by atoms with van der Waals surface area (Å²) in [4.78, 5) is 14.6. The fourth-order valence-electron chi connectivity index (χ4n) is 4.22. The summed E-state index contributed by atoms with van der Waals surface area (Å²) in [5.74, 6) is 0.827. The first-order chi connectivity index (χ1) is 12.3. The van der Waals surface area contributed by atoms with Crippen LogP contribution < -0.4 is 9.80 Å². The minimum atomic E-state index is -3.46. The third-order valence-electron chi connectivity index (χ3n) is 5.69. The Morgan fingerprint density at radius 1 is 1.19 bits per heavy atom. The first kappa shape index (κ1) is 19.1. The fourth-order valence-corrected chi connectivity index (χ4v) is 4.86. The second-order valence-corrected chi connectivity index (χ2v) is 9.64. The molecule has 26 heavy (non-hydrogen) atoms. The average Bonchev–Trinajstić information content (AvgIpc) is 2.62. The number of rotatable bonds is 5. The molecule has 0 radical (unpaired) electrons. The molecule has 144 valence electrons. The predicted molar refractivity (Wildman–Crippen MR) is 101 cm³/mol. The van der Waals surface area contributed by atoms with Crippen molar-refractivity contribution < 1.29 is 18.2 Å². The maximum atomic E-state index is 11.7. The van der Waals surface area contributed by atoms with Crippen molar-refractivity contribution in [3.8, 4) is 0 Å². The number of hydrogen-bond acceptors (Lipinski definition) is 5. The zero-order valence-electron chi connectivity index (χ0n) is 15.3. The predicted octanol–water partition coefficient (Wildman–Crippen LogP) is 1.28. The van der Waals surface area contributed by atoms with Gasteiger partial charge in [0.15, 0.2) is 9.84 Å². The van der Waals surface area contributed by atoms with E-state index in [2.05, 4.69) is 0 Å². The van der Waals surface area contributed by atoms with E-state index in [1.54, 1.807) is 11.0 Å². The summed E-state index contributed by atoms with van der Waals surface area (Å²) < 4.78 is 23.4. The monoisotopic (exact) mass is 382 g/mol. The van der Waals surface area contributed by atoms with Gasteiger partial charge in [-0.3, -0.25) is 10.1 Å². The minimum absolute atomic E-state index is 0.00508. The van der Waals surface area contributed by atoms with Crippen molar-refractivity contribution in [1.29, 1.82) is 0 Å². The quantitative estimate of drug-likeness (QED) is 0.613. The number of hydrogen-bond donors (Lipinski definition) is 1. The molecule has 0 amide bonds.